The number of benzene rings is 1. The predicted octanol–water partition coefficient (Wildman–Crippen LogP) is 2.94. The Morgan fingerprint density at radius 1 is 1.26 bits per heavy atom. The van der Waals surface area contributed by atoms with E-state index in [9.17, 15) is 0 Å². The van der Waals surface area contributed by atoms with E-state index in [2.05, 4.69) is 43.7 Å². The summed E-state index contributed by atoms with van der Waals surface area (Å²) in [5.41, 5.74) is 1.15. The zero-order chi connectivity index (χ0) is 13.5. The van der Waals surface area contributed by atoms with Gasteiger partial charge in [0, 0.05) is 11.0 Å². The van der Waals surface area contributed by atoms with Gasteiger partial charge in [0.05, 0.1) is 6.54 Å². The van der Waals surface area contributed by atoms with E-state index in [-0.39, 0.29) is 0 Å². The summed E-state index contributed by atoms with van der Waals surface area (Å²) >= 11 is 3.44. The van der Waals surface area contributed by atoms with Crippen molar-refractivity contribution in [3.8, 4) is 0 Å². The van der Waals surface area contributed by atoms with Crippen LogP contribution in [0.1, 0.15) is 24.8 Å². The van der Waals surface area contributed by atoms with Gasteiger partial charge in [0.25, 0.3) is 0 Å². The largest absolute Gasteiger partial charge is 0.407 e. The van der Waals surface area contributed by atoms with E-state index in [4.69, 9.17) is 4.42 Å². The SMILES string of the molecule is CCCNCc1nnc(NCc2cccc(Br)c2)o1. The molecule has 102 valence electrons. The first-order valence-corrected chi connectivity index (χ1v) is 7.08. The van der Waals surface area contributed by atoms with Gasteiger partial charge in [-0.25, -0.2) is 0 Å². The van der Waals surface area contributed by atoms with Crippen molar-refractivity contribution in [1.82, 2.24) is 15.5 Å². The van der Waals surface area contributed by atoms with Crippen LogP contribution in [0.4, 0.5) is 6.01 Å². The lowest BCUT2D eigenvalue weighted by molar-refractivity contribution is 0.477. The van der Waals surface area contributed by atoms with Gasteiger partial charge >= 0.3 is 6.01 Å². The first kappa shape index (κ1) is 14.0. The summed E-state index contributed by atoms with van der Waals surface area (Å²) in [4.78, 5) is 0. The highest BCUT2D eigenvalue weighted by Gasteiger charge is 2.04. The zero-order valence-corrected chi connectivity index (χ0v) is 12.4. The minimum Gasteiger partial charge on any atom is -0.407 e. The van der Waals surface area contributed by atoms with Crippen molar-refractivity contribution in [2.45, 2.75) is 26.4 Å². The molecule has 0 saturated heterocycles. The van der Waals surface area contributed by atoms with E-state index in [0.29, 0.717) is 25.0 Å². The summed E-state index contributed by atoms with van der Waals surface area (Å²) in [6.07, 6.45) is 1.09. The molecule has 0 amide bonds. The maximum absolute atomic E-state index is 5.47. The van der Waals surface area contributed by atoms with Crippen molar-refractivity contribution >= 4 is 21.9 Å². The van der Waals surface area contributed by atoms with Crippen LogP contribution in [-0.2, 0) is 13.1 Å². The van der Waals surface area contributed by atoms with Gasteiger partial charge in [-0.15, -0.1) is 5.10 Å². The highest BCUT2D eigenvalue weighted by molar-refractivity contribution is 9.10. The highest BCUT2D eigenvalue weighted by atomic mass is 79.9. The third-order valence-corrected chi connectivity index (χ3v) is 3.00. The molecular weight excluding hydrogens is 308 g/mol. The second kappa shape index (κ2) is 7.25. The summed E-state index contributed by atoms with van der Waals surface area (Å²) in [7, 11) is 0. The van der Waals surface area contributed by atoms with Crippen molar-refractivity contribution < 1.29 is 4.42 Å². The van der Waals surface area contributed by atoms with Gasteiger partial charge in [-0.1, -0.05) is 40.1 Å². The third kappa shape index (κ3) is 4.65. The molecule has 6 heteroatoms. The second-order valence-corrected chi connectivity index (χ2v) is 5.08. The van der Waals surface area contributed by atoms with Crippen LogP contribution in [0.25, 0.3) is 0 Å². The molecule has 1 heterocycles. The number of rotatable bonds is 7. The molecule has 0 aliphatic carbocycles. The van der Waals surface area contributed by atoms with Gasteiger partial charge in [0.15, 0.2) is 0 Å². The normalized spacial score (nSPS) is 10.6. The number of nitrogens with one attached hydrogen (secondary N) is 2. The minimum atomic E-state index is 0.452. The van der Waals surface area contributed by atoms with Gasteiger partial charge in [-0.05, 0) is 30.7 Å². The van der Waals surface area contributed by atoms with Gasteiger partial charge in [-0.2, -0.15) is 0 Å². The van der Waals surface area contributed by atoms with Gasteiger partial charge in [0.1, 0.15) is 0 Å². The van der Waals surface area contributed by atoms with E-state index >= 15 is 0 Å². The van der Waals surface area contributed by atoms with Crippen LogP contribution in [0.5, 0.6) is 0 Å². The lowest BCUT2D eigenvalue weighted by Crippen LogP contribution is -2.13. The Hall–Kier alpha value is -1.40. The average molecular weight is 325 g/mol. The number of aromatic nitrogens is 2. The third-order valence-electron chi connectivity index (χ3n) is 2.50. The molecule has 0 spiro atoms. The van der Waals surface area contributed by atoms with Crippen molar-refractivity contribution in [2.75, 3.05) is 11.9 Å². The van der Waals surface area contributed by atoms with Gasteiger partial charge in [0.2, 0.25) is 5.89 Å². The first-order valence-electron chi connectivity index (χ1n) is 6.29. The fourth-order valence-electron chi connectivity index (χ4n) is 1.59. The molecule has 0 aliphatic rings. The van der Waals surface area contributed by atoms with Crippen molar-refractivity contribution in [1.29, 1.82) is 0 Å². The molecule has 5 nitrogen and oxygen atoms in total. The smallest absolute Gasteiger partial charge is 0.315 e. The van der Waals surface area contributed by atoms with Gasteiger partial charge < -0.3 is 15.1 Å². The van der Waals surface area contributed by atoms with Crippen LogP contribution in [-0.4, -0.2) is 16.7 Å². The highest BCUT2D eigenvalue weighted by Crippen LogP contribution is 2.13. The zero-order valence-electron chi connectivity index (χ0n) is 10.8. The van der Waals surface area contributed by atoms with E-state index < -0.39 is 0 Å². The predicted molar refractivity (Wildman–Crippen MR) is 77.8 cm³/mol. The second-order valence-electron chi connectivity index (χ2n) is 4.16. The summed E-state index contributed by atoms with van der Waals surface area (Å²) in [5.74, 6) is 0.602. The molecule has 0 atom stereocenters. The average Bonchev–Trinajstić information content (AvgIpc) is 2.85. The summed E-state index contributed by atoms with van der Waals surface area (Å²) < 4.78 is 6.53. The number of hydrogen-bond donors (Lipinski definition) is 2. The molecule has 0 aliphatic heterocycles. The Morgan fingerprint density at radius 3 is 2.95 bits per heavy atom. The maximum atomic E-state index is 5.47. The van der Waals surface area contributed by atoms with Crippen molar-refractivity contribution in [3.05, 3.63) is 40.2 Å². The molecule has 1 aromatic carbocycles. The quantitative estimate of drug-likeness (QED) is 0.767. The molecule has 0 unspecified atom stereocenters. The molecule has 1 aromatic heterocycles. The van der Waals surface area contributed by atoms with Crippen LogP contribution in [0.2, 0.25) is 0 Å². The number of hydrogen-bond acceptors (Lipinski definition) is 5. The van der Waals surface area contributed by atoms with Crippen LogP contribution < -0.4 is 10.6 Å². The van der Waals surface area contributed by atoms with Crippen LogP contribution in [0.3, 0.4) is 0 Å². The molecule has 0 bridgehead atoms. The monoisotopic (exact) mass is 324 g/mol. The van der Waals surface area contributed by atoms with Crippen LogP contribution >= 0.6 is 15.9 Å². The number of anilines is 1. The molecule has 2 rings (SSSR count). The Balaban J connectivity index is 1.83. The Labute approximate surface area is 120 Å². The molecule has 2 N–H and O–H groups in total. The van der Waals surface area contributed by atoms with Gasteiger partial charge in [-0.3, -0.25) is 0 Å². The molecule has 0 saturated carbocycles. The fourth-order valence-corrected chi connectivity index (χ4v) is 2.04. The van der Waals surface area contributed by atoms with E-state index in [1.807, 2.05) is 24.3 Å². The van der Waals surface area contributed by atoms with Crippen molar-refractivity contribution in [2.24, 2.45) is 0 Å². The lowest BCUT2D eigenvalue weighted by atomic mass is 10.2. The van der Waals surface area contributed by atoms with Crippen LogP contribution in [0.15, 0.2) is 33.2 Å². The number of nitrogens with zero attached hydrogens (tertiary/aromatic N) is 2. The Morgan fingerprint density at radius 2 is 2.16 bits per heavy atom. The summed E-state index contributed by atoms with van der Waals surface area (Å²) in [6, 6.07) is 8.53. The standard InChI is InChI=1S/C13H17BrN4O/c1-2-6-15-9-12-17-18-13(19-12)16-8-10-4-3-5-11(14)7-10/h3-5,7,15H,2,6,8-9H2,1H3,(H,16,18). The first-order chi connectivity index (χ1) is 9.28. The molecule has 0 radical (unpaired) electrons. The fraction of sp³-hybridized carbons (Fsp3) is 0.385. The molecule has 2 aromatic rings. The molecule has 0 fully saturated rings. The van der Waals surface area contributed by atoms with E-state index in [1.165, 1.54) is 0 Å². The minimum absolute atomic E-state index is 0.452. The maximum Gasteiger partial charge on any atom is 0.315 e. The lowest BCUT2D eigenvalue weighted by Gasteiger charge is -2.02. The topological polar surface area (TPSA) is 63.0 Å². The van der Waals surface area contributed by atoms with Crippen molar-refractivity contribution in [3.63, 3.8) is 0 Å². The molecule has 19 heavy (non-hydrogen) atoms. The molecular formula is C13H17BrN4O. The summed E-state index contributed by atoms with van der Waals surface area (Å²) in [6.45, 7) is 4.33. The van der Waals surface area contributed by atoms with Crippen LogP contribution in [0, 0.1) is 0 Å². The van der Waals surface area contributed by atoms with E-state index in [1.54, 1.807) is 0 Å². The Kier molecular flexibility index (Phi) is 5.35. The number of halogens is 1. The van der Waals surface area contributed by atoms with E-state index in [0.717, 1.165) is 23.0 Å². The summed E-state index contributed by atoms with van der Waals surface area (Å²) in [5, 5.41) is 14.2. The Bertz CT molecular complexity index is 515.